The molecule has 7 heterocycles. The molecule has 674 valence electrons. The van der Waals surface area contributed by atoms with Gasteiger partial charge in [0.25, 0.3) is 11.1 Å². The lowest BCUT2D eigenvalue weighted by Gasteiger charge is -2.12. The van der Waals surface area contributed by atoms with E-state index >= 15 is 0 Å². The standard InChI is InChI=1S/C15H14N2O2.2C15H13NO4.C15H13NO3.C14H7ClN2OS.C14H10FNO3.C13H7ClFNOS/c1-10-5-6-14-13(7-10)17(15(18)19-14)9-11-3-2-4-12(16)8-11;1-9-5-6-13-12(7-9)16(15(19)20-13)14(18)10-3-2-4-11(17)8-10;17-9-11-4-5-14-13(7-11)16(15(19)20-14)8-10-2-1-3-12(18)6-10;1-10-5-6-14-13(7-10)16(15(18)19-14)9-11-3-2-4-12(17)8-11;1-16-10-4-7-12-13(8-10)19-17(14(12)18)11-5-2-9(15)3-6-11;15-10-4-5-13-12(7-10)16(14(18)19-13)8-9-2-1-3-11(17)6-9;14-8-4-6-9(7-5-8)16-13(17)10-2-1-3-11(15)12(10)18-16/h2-8H,9,16H2,1H3;2-8,14,17-18H,1H3;1-7,17-18H,8-9H2;2-8,17H,9H2,1H3;2-8H;1-7,17H,8H2;1-7H. The van der Waals surface area contributed by atoms with E-state index < -0.39 is 29.3 Å². The van der Waals surface area contributed by atoms with E-state index in [0.717, 1.165) is 76.5 Å². The molecule has 0 amide bonds. The van der Waals surface area contributed by atoms with Crippen LogP contribution in [0.4, 0.5) is 20.2 Å². The van der Waals surface area contributed by atoms with E-state index in [-0.39, 0.29) is 64.6 Å². The summed E-state index contributed by atoms with van der Waals surface area (Å²) in [5.74, 6) is -2.70. The van der Waals surface area contributed by atoms with Crippen molar-refractivity contribution in [1.29, 1.82) is 0 Å². The minimum Gasteiger partial charge on any atom is -0.508 e. The van der Waals surface area contributed by atoms with Crippen LogP contribution in [0.2, 0.25) is 10.0 Å². The summed E-state index contributed by atoms with van der Waals surface area (Å²) in [6.45, 7) is 14.1. The number of phenols is 4. The average molecular weight is 1880 g/mol. The smallest absolute Gasteiger partial charge is 0.422 e. The number of oxazole rings is 5. The third-order valence-electron chi connectivity index (χ3n) is 20.8. The maximum atomic E-state index is 13.6. The van der Waals surface area contributed by atoms with Crippen molar-refractivity contribution in [3.63, 3.8) is 0 Å². The van der Waals surface area contributed by atoms with Crippen molar-refractivity contribution in [1.82, 2.24) is 30.7 Å². The van der Waals surface area contributed by atoms with Crippen LogP contribution in [0.5, 0.6) is 23.0 Å². The first kappa shape index (κ1) is 92.4. The number of phenolic OH excluding ortho intramolecular Hbond substituents is 4. The van der Waals surface area contributed by atoms with E-state index in [2.05, 4.69) is 4.85 Å². The first-order chi connectivity index (χ1) is 64.5. The van der Waals surface area contributed by atoms with E-state index in [0.29, 0.717) is 118 Å². The molecule has 8 N–H and O–H groups in total. The van der Waals surface area contributed by atoms with Gasteiger partial charge in [-0.1, -0.05) is 138 Å². The second-order valence-corrected chi connectivity index (χ2v) is 33.3. The number of fused-ring (bicyclic) bond motifs is 7. The molecule has 0 aliphatic heterocycles. The van der Waals surface area contributed by atoms with Gasteiger partial charge in [0.15, 0.2) is 39.8 Å². The van der Waals surface area contributed by atoms with Gasteiger partial charge >= 0.3 is 28.8 Å². The molecule has 0 fully saturated rings. The number of hydrogen-bond acceptors (Lipinski definition) is 21. The fourth-order valence-electron chi connectivity index (χ4n) is 14.4. The minimum atomic E-state index is -1.21. The third kappa shape index (κ3) is 21.5. The van der Waals surface area contributed by atoms with Gasteiger partial charge in [-0.3, -0.25) is 27.9 Å². The summed E-state index contributed by atoms with van der Waals surface area (Å²) in [7, 11) is 0. The summed E-state index contributed by atoms with van der Waals surface area (Å²) in [4.78, 5) is 87.1. The number of rotatable bonds is 13. The molecule has 7 aromatic heterocycles. The van der Waals surface area contributed by atoms with Crippen LogP contribution in [0, 0.1) is 39.0 Å². The summed E-state index contributed by atoms with van der Waals surface area (Å²) in [6.07, 6.45) is -1.21. The molecule has 1 atom stereocenters. The van der Waals surface area contributed by atoms with Crippen molar-refractivity contribution >= 4 is 133 Å². The summed E-state index contributed by atoms with van der Waals surface area (Å²) in [5, 5.41) is 59.6. The quantitative estimate of drug-likeness (QED) is 0.0416. The maximum Gasteiger partial charge on any atom is 0.422 e. The normalized spacial score (nSPS) is 11.2. The van der Waals surface area contributed by atoms with E-state index in [9.17, 15) is 67.9 Å². The van der Waals surface area contributed by atoms with Crippen LogP contribution in [0.15, 0.2) is 353 Å². The van der Waals surface area contributed by atoms with Gasteiger partial charge in [-0.05, 0) is 265 Å². The highest BCUT2D eigenvalue weighted by Gasteiger charge is 2.22. The fourth-order valence-corrected chi connectivity index (χ4v) is 16.7. The van der Waals surface area contributed by atoms with E-state index in [1.807, 2.05) is 93.6 Å². The van der Waals surface area contributed by atoms with Crippen LogP contribution < -0.4 is 45.6 Å². The van der Waals surface area contributed by atoms with Gasteiger partial charge in [0.05, 0.1) is 93.8 Å². The van der Waals surface area contributed by atoms with Crippen molar-refractivity contribution < 1.29 is 61.5 Å². The van der Waals surface area contributed by atoms with Gasteiger partial charge < -0.3 is 58.5 Å². The number of hydrogen-bond donors (Lipinski definition) is 7. The number of aliphatic hydroxyl groups excluding tert-OH is 2. The van der Waals surface area contributed by atoms with Crippen LogP contribution >= 0.6 is 46.3 Å². The number of aromatic nitrogens is 7. The Bertz CT molecular complexity index is 8110. The first-order valence-electron chi connectivity index (χ1n) is 40.8. The number of aryl methyl sites for hydroxylation is 3. The molecule has 33 heteroatoms. The Labute approximate surface area is 774 Å². The van der Waals surface area contributed by atoms with Crippen molar-refractivity contribution in [3.8, 4) is 34.4 Å². The number of aliphatic hydroxyl groups is 2. The highest BCUT2D eigenvalue weighted by atomic mass is 35.5. The van der Waals surface area contributed by atoms with E-state index in [4.69, 9.17) is 62.7 Å². The number of halogens is 4. The van der Waals surface area contributed by atoms with Gasteiger partial charge in [0.2, 0.25) is 0 Å². The van der Waals surface area contributed by atoms with Gasteiger partial charge in [-0.2, -0.15) is 0 Å². The van der Waals surface area contributed by atoms with Crippen LogP contribution in [0.25, 0.3) is 91.9 Å². The van der Waals surface area contributed by atoms with Crippen molar-refractivity contribution in [2.24, 2.45) is 0 Å². The zero-order valence-electron chi connectivity index (χ0n) is 71.0. The molecule has 0 aliphatic carbocycles. The molecule has 0 radical (unpaired) electrons. The fraction of sp³-hybridized carbons (Fsp3) is 0.0891. The van der Waals surface area contributed by atoms with Crippen LogP contribution in [-0.4, -0.2) is 61.4 Å². The Morgan fingerprint density at radius 3 is 1.25 bits per heavy atom. The molecule has 0 spiro atoms. The second kappa shape index (κ2) is 40.8. The molecule has 0 bridgehead atoms. The lowest BCUT2D eigenvalue weighted by molar-refractivity contribution is 0.141. The number of aromatic hydroxyl groups is 4. The number of anilines is 1. The molecule has 0 saturated heterocycles. The van der Waals surface area contributed by atoms with Gasteiger partial charge in [-0.15, -0.1) is 0 Å². The zero-order valence-corrected chi connectivity index (χ0v) is 74.1. The number of nitrogens with zero attached hydrogens (tertiary/aromatic N) is 8. The molecule has 1 unspecified atom stereocenters. The van der Waals surface area contributed by atoms with Crippen molar-refractivity contribution in [2.75, 3.05) is 5.73 Å². The molecule has 0 saturated carbocycles. The molecule has 14 aromatic carbocycles. The van der Waals surface area contributed by atoms with Crippen molar-refractivity contribution in [3.05, 3.63) is 454 Å². The minimum absolute atomic E-state index is 0.0265. The molecule has 0 aliphatic rings. The Kier molecular flexibility index (Phi) is 28.1. The van der Waals surface area contributed by atoms with Gasteiger partial charge in [-0.25, -0.2) is 50.1 Å². The van der Waals surface area contributed by atoms with E-state index in [1.54, 1.807) is 195 Å². The average Bonchev–Trinajstić information content (AvgIpc) is 1.65. The molecule has 21 aromatic rings. The second-order valence-electron chi connectivity index (χ2n) is 30.5. The molecule has 27 nitrogen and oxygen atoms in total. The summed E-state index contributed by atoms with van der Waals surface area (Å²) < 4.78 is 64.0. The summed E-state index contributed by atoms with van der Waals surface area (Å²) in [5.41, 5.74) is 21.3. The predicted molar refractivity (Wildman–Crippen MR) is 514 cm³/mol. The molecular weight excluding hydrogens is 1800 g/mol. The van der Waals surface area contributed by atoms with Crippen LogP contribution in [0.1, 0.15) is 56.3 Å². The summed E-state index contributed by atoms with van der Waals surface area (Å²) in [6, 6.07) is 83.0. The lowest BCUT2D eigenvalue weighted by atomic mass is 10.1. The number of benzene rings is 14. The van der Waals surface area contributed by atoms with E-state index in [1.165, 1.54) is 67.1 Å². The number of nitrogen functional groups attached to an aromatic ring is 1. The van der Waals surface area contributed by atoms with Gasteiger partial charge in [0.1, 0.15) is 34.6 Å². The maximum absolute atomic E-state index is 13.6. The highest BCUT2D eigenvalue weighted by Crippen LogP contribution is 2.31. The monoisotopic (exact) mass is 1880 g/mol. The Morgan fingerprint density at radius 2 is 0.791 bits per heavy atom. The molecular formula is C101H77Cl2F2N9O18S2. The van der Waals surface area contributed by atoms with Crippen LogP contribution in [0.3, 0.4) is 0 Å². The molecule has 134 heavy (non-hydrogen) atoms. The van der Waals surface area contributed by atoms with Crippen LogP contribution in [-0.2, 0) is 32.8 Å². The Balaban J connectivity index is 0.000000119. The van der Waals surface area contributed by atoms with Gasteiger partial charge in [0, 0.05) is 32.1 Å². The van der Waals surface area contributed by atoms with Crippen molar-refractivity contribution in [2.45, 2.75) is 59.8 Å². The predicted octanol–water partition coefficient (Wildman–Crippen LogP) is 19.8. The number of nitrogens with two attached hydrogens (primary N) is 1. The topological polar surface area (TPSA) is 371 Å². The largest absolute Gasteiger partial charge is 0.508 e. The molecule has 21 rings (SSSR count). The summed E-state index contributed by atoms with van der Waals surface area (Å²) >= 11 is 14.1. The first-order valence-corrected chi connectivity index (χ1v) is 43.1. The Hall–Kier alpha value is -16.3. The SMILES string of the molecule is Cc1ccc2oc(=O)n(C(O)c3cccc(O)c3)c2c1.Cc1ccc2oc(=O)n(Cc3cccc(N)c3)c2c1.Cc1ccc2oc(=O)n(Cc3cccc(O)c3)c2c1.O=c1c2cccc(F)c2sn1-c1ccc(Cl)cc1.O=c1oc2ccc(CO)cc2n1Cc1cccc(O)c1.O=c1oc2ccc(F)cc2n1Cc1cccc(O)c1.[C-]#[N+]c1ccc2c(=O)n(-c3ccc(Cl)cc3)sc2c1. The third-order valence-corrected chi connectivity index (χ3v) is 23.6. The Morgan fingerprint density at radius 1 is 0.396 bits per heavy atom. The highest BCUT2D eigenvalue weighted by molar-refractivity contribution is 7.14. The zero-order chi connectivity index (χ0) is 94.7. The lowest BCUT2D eigenvalue weighted by Crippen LogP contribution is -2.21.